The van der Waals surface area contributed by atoms with Crippen LogP contribution in [0.2, 0.25) is 0 Å². The summed E-state index contributed by atoms with van der Waals surface area (Å²) in [7, 11) is 0. The molecule has 1 aromatic carbocycles. The largest absolute Gasteiger partial charge is 0.478 e. The first-order chi connectivity index (χ1) is 8.99. The quantitative estimate of drug-likeness (QED) is 0.861. The number of rotatable bonds is 4. The third-order valence-corrected chi connectivity index (χ3v) is 3.30. The molecule has 5 nitrogen and oxygen atoms in total. The van der Waals surface area contributed by atoms with Crippen molar-refractivity contribution in [3.05, 3.63) is 29.3 Å². The highest BCUT2D eigenvalue weighted by atomic mass is 16.4. The molecule has 5 heteroatoms. The summed E-state index contributed by atoms with van der Waals surface area (Å²) in [5.74, 6) is -0.938. The second-order valence-corrected chi connectivity index (χ2v) is 4.83. The smallest absolute Gasteiger partial charge is 0.335 e. The van der Waals surface area contributed by atoms with Crippen LogP contribution in [0.5, 0.6) is 0 Å². The molecule has 19 heavy (non-hydrogen) atoms. The van der Waals surface area contributed by atoms with E-state index in [1.807, 2.05) is 0 Å². The molecule has 0 saturated heterocycles. The van der Waals surface area contributed by atoms with Gasteiger partial charge in [0.15, 0.2) is 0 Å². The van der Waals surface area contributed by atoms with Gasteiger partial charge in [0.05, 0.1) is 11.7 Å². The molecule has 2 rings (SSSR count). The molecule has 1 heterocycles. The van der Waals surface area contributed by atoms with Crippen LogP contribution in [0.1, 0.15) is 35.7 Å². The maximum atomic E-state index is 11.9. The Morgan fingerprint density at radius 3 is 2.79 bits per heavy atom. The van der Waals surface area contributed by atoms with Gasteiger partial charge in [0.25, 0.3) is 0 Å². The van der Waals surface area contributed by atoms with Crippen molar-refractivity contribution in [1.29, 1.82) is 0 Å². The van der Waals surface area contributed by atoms with Crippen molar-refractivity contribution in [1.82, 2.24) is 0 Å². The zero-order valence-electron chi connectivity index (χ0n) is 10.8. The summed E-state index contributed by atoms with van der Waals surface area (Å²) >= 11 is 0. The Morgan fingerprint density at radius 2 is 2.16 bits per heavy atom. The maximum absolute atomic E-state index is 11.9. The SMILES string of the molecule is CC(O)CCN1C(=O)CCc2cc(C(=O)O)ccc21. The number of aliphatic hydroxyl groups excluding tert-OH is 1. The van der Waals surface area contributed by atoms with E-state index >= 15 is 0 Å². The van der Waals surface area contributed by atoms with E-state index in [9.17, 15) is 14.7 Å². The number of nitrogens with zero attached hydrogens (tertiary/aromatic N) is 1. The molecule has 0 spiro atoms. The minimum Gasteiger partial charge on any atom is -0.478 e. The highest BCUT2D eigenvalue weighted by Gasteiger charge is 2.24. The lowest BCUT2D eigenvalue weighted by Crippen LogP contribution is -2.37. The van der Waals surface area contributed by atoms with Crippen molar-refractivity contribution in [2.75, 3.05) is 11.4 Å². The predicted molar refractivity (Wildman–Crippen MR) is 70.4 cm³/mol. The number of fused-ring (bicyclic) bond motifs is 1. The van der Waals surface area contributed by atoms with Gasteiger partial charge in [-0.25, -0.2) is 4.79 Å². The minimum absolute atomic E-state index is 0.0243. The second-order valence-electron chi connectivity index (χ2n) is 4.83. The van der Waals surface area contributed by atoms with E-state index in [0.29, 0.717) is 25.8 Å². The third kappa shape index (κ3) is 2.93. The molecule has 1 aromatic rings. The normalized spacial score (nSPS) is 16.1. The van der Waals surface area contributed by atoms with Crippen LogP contribution in [0, 0.1) is 0 Å². The van der Waals surface area contributed by atoms with Crippen LogP contribution < -0.4 is 4.90 Å². The van der Waals surface area contributed by atoms with E-state index in [4.69, 9.17) is 5.11 Å². The van der Waals surface area contributed by atoms with Crippen molar-refractivity contribution >= 4 is 17.6 Å². The highest BCUT2D eigenvalue weighted by molar-refractivity contribution is 5.97. The lowest BCUT2D eigenvalue weighted by molar-refractivity contribution is -0.118. The molecule has 0 aliphatic carbocycles. The molecule has 102 valence electrons. The number of benzene rings is 1. The fourth-order valence-electron chi connectivity index (χ4n) is 2.25. The van der Waals surface area contributed by atoms with Crippen LogP contribution in [0.15, 0.2) is 18.2 Å². The number of hydrogen-bond acceptors (Lipinski definition) is 3. The molecule has 0 bridgehead atoms. The molecule has 0 fully saturated rings. The standard InChI is InChI=1S/C14H17NO4/c1-9(16)6-7-15-12-4-2-11(14(18)19)8-10(12)3-5-13(15)17/h2,4,8-9,16H,3,5-7H2,1H3,(H,18,19). The Hall–Kier alpha value is -1.88. The van der Waals surface area contributed by atoms with E-state index in [1.54, 1.807) is 24.0 Å². The molecule has 2 N–H and O–H groups in total. The first-order valence-corrected chi connectivity index (χ1v) is 6.33. The van der Waals surface area contributed by atoms with Gasteiger partial charge in [-0.15, -0.1) is 0 Å². The molecule has 1 amide bonds. The van der Waals surface area contributed by atoms with Crippen LogP contribution in [0.4, 0.5) is 5.69 Å². The molecule has 0 aromatic heterocycles. The molecule has 1 aliphatic rings. The van der Waals surface area contributed by atoms with Crippen molar-refractivity contribution in [3.63, 3.8) is 0 Å². The number of aromatic carboxylic acids is 1. The number of aryl methyl sites for hydroxylation is 1. The minimum atomic E-state index is -0.963. The van der Waals surface area contributed by atoms with Gasteiger partial charge in [0, 0.05) is 18.7 Å². The summed E-state index contributed by atoms with van der Waals surface area (Å²) in [5.41, 5.74) is 1.88. The Balaban J connectivity index is 2.28. The Kier molecular flexibility index (Phi) is 3.85. The second kappa shape index (κ2) is 5.40. The van der Waals surface area contributed by atoms with Gasteiger partial charge in [-0.1, -0.05) is 0 Å². The first-order valence-electron chi connectivity index (χ1n) is 6.33. The molecular weight excluding hydrogens is 246 g/mol. The monoisotopic (exact) mass is 263 g/mol. The Morgan fingerprint density at radius 1 is 1.42 bits per heavy atom. The Labute approximate surface area is 111 Å². The highest BCUT2D eigenvalue weighted by Crippen LogP contribution is 2.29. The van der Waals surface area contributed by atoms with Crippen molar-refractivity contribution in [3.8, 4) is 0 Å². The number of anilines is 1. The summed E-state index contributed by atoms with van der Waals surface area (Å²) in [6, 6.07) is 4.81. The van der Waals surface area contributed by atoms with E-state index in [-0.39, 0.29) is 11.5 Å². The summed E-state index contributed by atoms with van der Waals surface area (Å²) in [6.45, 7) is 2.14. The van der Waals surface area contributed by atoms with E-state index in [1.165, 1.54) is 6.07 Å². The zero-order chi connectivity index (χ0) is 14.0. The lowest BCUT2D eigenvalue weighted by atomic mass is 9.98. The summed E-state index contributed by atoms with van der Waals surface area (Å²) in [5, 5.41) is 18.3. The average Bonchev–Trinajstić information content (AvgIpc) is 2.36. The zero-order valence-corrected chi connectivity index (χ0v) is 10.8. The maximum Gasteiger partial charge on any atom is 0.335 e. The first kappa shape index (κ1) is 13.5. The fraction of sp³-hybridized carbons (Fsp3) is 0.429. The number of carboxylic acid groups (broad SMARTS) is 1. The molecule has 1 unspecified atom stereocenters. The van der Waals surface area contributed by atoms with E-state index in [2.05, 4.69) is 0 Å². The van der Waals surface area contributed by atoms with Gasteiger partial charge in [-0.05, 0) is 43.5 Å². The average molecular weight is 263 g/mol. The lowest BCUT2D eigenvalue weighted by Gasteiger charge is -2.30. The summed E-state index contributed by atoms with van der Waals surface area (Å²) in [6.07, 6.45) is 0.999. The molecule has 0 saturated carbocycles. The van der Waals surface area contributed by atoms with Gasteiger partial charge in [0.2, 0.25) is 5.91 Å². The number of amides is 1. The van der Waals surface area contributed by atoms with Gasteiger partial charge >= 0.3 is 5.97 Å². The summed E-state index contributed by atoms with van der Waals surface area (Å²) < 4.78 is 0. The summed E-state index contributed by atoms with van der Waals surface area (Å²) in [4.78, 5) is 24.5. The van der Waals surface area contributed by atoms with Crippen LogP contribution in [-0.4, -0.2) is 34.7 Å². The number of carbonyl (C=O) groups excluding carboxylic acids is 1. The van der Waals surface area contributed by atoms with Gasteiger partial charge in [0.1, 0.15) is 0 Å². The van der Waals surface area contributed by atoms with Crippen LogP contribution in [0.25, 0.3) is 0 Å². The van der Waals surface area contributed by atoms with Gasteiger partial charge < -0.3 is 15.1 Å². The van der Waals surface area contributed by atoms with Crippen molar-refractivity contribution in [2.45, 2.75) is 32.3 Å². The van der Waals surface area contributed by atoms with Crippen LogP contribution in [-0.2, 0) is 11.2 Å². The van der Waals surface area contributed by atoms with Gasteiger partial charge in [-0.3, -0.25) is 4.79 Å². The van der Waals surface area contributed by atoms with Crippen molar-refractivity contribution < 1.29 is 19.8 Å². The Bertz CT molecular complexity index is 510. The van der Waals surface area contributed by atoms with Crippen LogP contribution >= 0.6 is 0 Å². The third-order valence-electron chi connectivity index (χ3n) is 3.30. The molecular formula is C14H17NO4. The van der Waals surface area contributed by atoms with E-state index < -0.39 is 12.1 Å². The molecule has 1 atom stereocenters. The number of aliphatic hydroxyl groups is 1. The number of carboxylic acids is 1. The predicted octanol–water partition coefficient (Wildman–Crippen LogP) is 1.43. The fourth-order valence-corrected chi connectivity index (χ4v) is 2.25. The van der Waals surface area contributed by atoms with E-state index in [0.717, 1.165) is 11.3 Å². The molecule has 1 aliphatic heterocycles. The molecule has 0 radical (unpaired) electrons. The van der Waals surface area contributed by atoms with Crippen molar-refractivity contribution in [2.24, 2.45) is 0 Å². The topological polar surface area (TPSA) is 77.8 Å². The van der Waals surface area contributed by atoms with Gasteiger partial charge in [-0.2, -0.15) is 0 Å². The van der Waals surface area contributed by atoms with Crippen LogP contribution in [0.3, 0.4) is 0 Å². The number of hydrogen-bond donors (Lipinski definition) is 2. The number of carbonyl (C=O) groups is 2.